The highest BCUT2D eigenvalue weighted by Crippen LogP contribution is 2.33. The van der Waals surface area contributed by atoms with Gasteiger partial charge < -0.3 is 14.4 Å². The van der Waals surface area contributed by atoms with Gasteiger partial charge in [-0.3, -0.25) is 10.1 Å². The third-order valence-electron chi connectivity index (χ3n) is 4.18. The van der Waals surface area contributed by atoms with Crippen molar-refractivity contribution in [2.45, 2.75) is 11.0 Å². The van der Waals surface area contributed by atoms with Gasteiger partial charge in [0.05, 0.1) is 16.4 Å². The summed E-state index contributed by atoms with van der Waals surface area (Å²) in [4.78, 5) is 12.3. The Morgan fingerprint density at radius 3 is 2.63 bits per heavy atom. The lowest BCUT2D eigenvalue weighted by molar-refractivity contribution is -0.384. The van der Waals surface area contributed by atoms with E-state index >= 15 is 0 Å². The smallest absolute Gasteiger partial charge is 0.293 e. The van der Waals surface area contributed by atoms with Crippen molar-refractivity contribution < 1.29 is 22.8 Å². The van der Waals surface area contributed by atoms with Crippen LogP contribution in [-0.4, -0.2) is 46.7 Å². The van der Waals surface area contributed by atoms with Gasteiger partial charge in [-0.25, -0.2) is 13.1 Å². The number of ether oxygens (including phenoxy) is 2. The van der Waals surface area contributed by atoms with Crippen molar-refractivity contribution in [2.24, 2.45) is 0 Å². The maximum absolute atomic E-state index is 11.9. The third kappa shape index (κ3) is 3.96. The van der Waals surface area contributed by atoms with Crippen LogP contribution in [0.2, 0.25) is 0 Å². The molecule has 0 radical (unpaired) electrons. The molecule has 2 aromatic carbocycles. The number of sulfonamides is 1. The van der Waals surface area contributed by atoms with Crippen molar-refractivity contribution >= 4 is 21.4 Å². The minimum Gasteiger partial charge on any atom is -0.486 e. The number of para-hydroxylation sites is 2. The Balaban J connectivity index is 1.82. The number of nitro groups is 1. The maximum atomic E-state index is 11.9. The topological polar surface area (TPSA) is 111 Å². The van der Waals surface area contributed by atoms with Gasteiger partial charge in [0.25, 0.3) is 5.69 Å². The zero-order chi connectivity index (χ0) is 19.6. The summed E-state index contributed by atoms with van der Waals surface area (Å²) in [6.07, 6.45) is -0.328. The first kappa shape index (κ1) is 18.9. The van der Waals surface area contributed by atoms with Gasteiger partial charge in [-0.15, -0.1) is 0 Å². The molecule has 0 unspecified atom stereocenters. The lowest BCUT2D eigenvalue weighted by Crippen LogP contribution is -2.39. The molecule has 10 heteroatoms. The van der Waals surface area contributed by atoms with Crippen LogP contribution < -0.4 is 19.1 Å². The predicted molar refractivity (Wildman–Crippen MR) is 99.0 cm³/mol. The molecule has 1 atom stereocenters. The highest BCUT2D eigenvalue weighted by molar-refractivity contribution is 7.89. The molecule has 2 aromatic rings. The summed E-state index contributed by atoms with van der Waals surface area (Å²) in [6, 6.07) is 11.1. The minimum absolute atomic E-state index is 0.167. The average Bonchev–Trinajstić information content (AvgIpc) is 2.67. The number of nitrogens with zero attached hydrogens (tertiary/aromatic N) is 2. The molecule has 0 saturated carbocycles. The van der Waals surface area contributed by atoms with Crippen LogP contribution in [0.25, 0.3) is 0 Å². The molecule has 144 valence electrons. The van der Waals surface area contributed by atoms with E-state index in [1.165, 1.54) is 19.2 Å². The molecule has 9 nitrogen and oxygen atoms in total. The van der Waals surface area contributed by atoms with Gasteiger partial charge in [-0.1, -0.05) is 12.1 Å². The Kier molecular flexibility index (Phi) is 5.19. The van der Waals surface area contributed by atoms with E-state index in [0.717, 1.165) is 6.07 Å². The van der Waals surface area contributed by atoms with Crippen LogP contribution in [0.3, 0.4) is 0 Å². The molecule has 0 saturated heterocycles. The first-order valence-corrected chi connectivity index (χ1v) is 9.62. The van der Waals surface area contributed by atoms with E-state index in [1.54, 1.807) is 24.1 Å². The second-order valence-corrected chi connectivity index (χ2v) is 7.88. The van der Waals surface area contributed by atoms with Crippen LogP contribution in [-0.2, 0) is 10.0 Å². The Hall–Kier alpha value is -2.85. The largest absolute Gasteiger partial charge is 0.486 e. The quantitative estimate of drug-likeness (QED) is 0.588. The molecule has 0 aromatic heterocycles. The van der Waals surface area contributed by atoms with Crippen molar-refractivity contribution in [3.8, 4) is 11.5 Å². The molecule has 3 rings (SSSR count). The van der Waals surface area contributed by atoms with E-state index in [2.05, 4.69) is 4.72 Å². The van der Waals surface area contributed by atoms with Crippen molar-refractivity contribution in [2.75, 3.05) is 32.1 Å². The fourth-order valence-electron chi connectivity index (χ4n) is 2.81. The van der Waals surface area contributed by atoms with Gasteiger partial charge in [-0.05, 0) is 31.3 Å². The Morgan fingerprint density at radius 1 is 1.26 bits per heavy atom. The van der Waals surface area contributed by atoms with E-state index in [-0.39, 0.29) is 22.4 Å². The lowest BCUT2D eigenvalue weighted by atomic mass is 10.2. The third-order valence-corrected chi connectivity index (χ3v) is 5.59. The highest BCUT2D eigenvalue weighted by Gasteiger charge is 2.26. The zero-order valence-corrected chi connectivity index (χ0v) is 15.6. The molecule has 0 amide bonds. The number of likely N-dealkylation sites (N-methyl/N-ethyl adjacent to an activating group) is 1. The van der Waals surface area contributed by atoms with Crippen LogP contribution in [0.1, 0.15) is 0 Å². The van der Waals surface area contributed by atoms with E-state index in [1.807, 2.05) is 12.1 Å². The van der Waals surface area contributed by atoms with Gasteiger partial charge in [0.1, 0.15) is 12.3 Å². The lowest BCUT2D eigenvalue weighted by Gasteiger charge is -2.30. The minimum atomic E-state index is -3.77. The van der Waals surface area contributed by atoms with E-state index in [4.69, 9.17) is 9.47 Å². The number of fused-ring (bicyclic) bond motifs is 1. The Labute approximate surface area is 156 Å². The molecule has 1 aliphatic rings. The van der Waals surface area contributed by atoms with Gasteiger partial charge in [-0.2, -0.15) is 0 Å². The summed E-state index contributed by atoms with van der Waals surface area (Å²) in [5, 5.41) is 11.5. The van der Waals surface area contributed by atoms with Crippen LogP contribution >= 0.6 is 0 Å². The normalized spacial score (nSPS) is 16.0. The summed E-state index contributed by atoms with van der Waals surface area (Å²) in [5.74, 6) is 1.27. The number of nitro benzene ring substituents is 1. The fraction of sp³-hybridized carbons (Fsp3) is 0.294. The number of anilines is 1. The molecule has 0 fully saturated rings. The average molecular weight is 393 g/mol. The van der Waals surface area contributed by atoms with Crippen LogP contribution in [0.15, 0.2) is 47.4 Å². The van der Waals surface area contributed by atoms with Crippen molar-refractivity contribution in [1.29, 1.82) is 0 Å². The van der Waals surface area contributed by atoms with Gasteiger partial charge in [0, 0.05) is 13.1 Å². The zero-order valence-electron chi connectivity index (χ0n) is 14.8. The predicted octanol–water partition coefficient (Wildman–Crippen LogP) is 1.78. The van der Waals surface area contributed by atoms with E-state index < -0.39 is 14.9 Å². The molecule has 1 heterocycles. The van der Waals surface area contributed by atoms with Gasteiger partial charge >= 0.3 is 0 Å². The van der Waals surface area contributed by atoms with Crippen LogP contribution in [0.4, 0.5) is 11.4 Å². The second kappa shape index (κ2) is 7.41. The molecule has 1 aliphatic heterocycles. The molecule has 0 spiro atoms. The highest BCUT2D eigenvalue weighted by atomic mass is 32.2. The number of benzene rings is 2. The molecule has 27 heavy (non-hydrogen) atoms. The van der Waals surface area contributed by atoms with Crippen LogP contribution in [0.5, 0.6) is 11.5 Å². The molecule has 0 aliphatic carbocycles. The summed E-state index contributed by atoms with van der Waals surface area (Å²) >= 11 is 0. The number of nitrogens with one attached hydrogen (secondary N) is 1. The van der Waals surface area contributed by atoms with E-state index in [0.29, 0.717) is 24.7 Å². The van der Waals surface area contributed by atoms with Gasteiger partial charge in [0.2, 0.25) is 10.0 Å². The first-order valence-electron chi connectivity index (χ1n) is 8.13. The summed E-state index contributed by atoms with van der Waals surface area (Å²) < 4.78 is 37.5. The number of hydrogen-bond donors (Lipinski definition) is 1. The van der Waals surface area contributed by atoms with Crippen LogP contribution in [0, 0.1) is 10.1 Å². The molecule has 0 bridgehead atoms. The summed E-state index contributed by atoms with van der Waals surface area (Å²) in [6.45, 7) is 0.634. The first-order chi connectivity index (χ1) is 12.8. The number of rotatable bonds is 6. The molecule has 1 N–H and O–H groups in total. The van der Waals surface area contributed by atoms with E-state index in [9.17, 15) is 18.5 Å². The Morgan fingerprint density at radius 2 is 1.96 bits per heavy atom. The SMILES string of the molecule is CNS(=O)(=O)c1ccc(N(C)C[C@@H]2COc3ccccc3O2)c([N+](=O)[O-])c1. The van der Waals surface area contributed by atoms with Gasteiger partial charge in [0.15, 0.2) is 17.6 Å². The van der Waals surface area contributed by atoms with Crippen molar-refractivity contribution in [3.05, 3.63) is 52.6 Å². The monoisotopic (exact) mass is 393 g/mol. The van der Waals surface area contributed by atoms with Crippen molar-refractivity contribution in [3.63, 3.8) is 0 Å². The Bertz CT molecular complexity index is 963. The molecular weight excluding hydrogens is 374 g/mol. The summed E-state index contributed by atoms with van der Waals surface area (Å²) in [5.41, 5.74) is -0.0107. The fourth-order valence-corrected chi connectivity index (χ4v) is 3.56. The summed E-state index contributed by atoms with van der Waals surface area (Å²) in [7, 11) is -0.846. The second-order valence-electron chi connectivity index (χ2n) is 5.99. The molecular formula is C17H19N3O6S. The number of hydrogen-bond acceptors (Lipinski definition) is 7. The van der Waals surface area contributed by atoms with Crippen molar-refractivity contribution in [1.82, 2.24) is 4.72 Å². The maximum Gasteiger partial charge on any atom is 0.293 e. The standard InChI is InChI=1S/C17H19N3O6S/c1-18-27(23,24)13-7-8-14(15(9-13)20(21)22)19(2)10-12-11-25-16-5-3-4-6-17(16)26-12/h3-9,12,18H,10-11H2,1-2H3/t12-/m1/s1.